The lowest BCUT2D eigenvalue weighted by Crippen LogP contribution is -2.45. The molecule has 0 N–H and O–H groups in total. The van der Waals surface area contributed by atoms with E-state index in [2.05, 4.69) is 18.1 Å². The molecule has 1 aromatic rings. The van der Waals surface area contributed by atoms with Crippen LogP contribution in [0.3, 0.4) is 0 Å². The van der Waals surface area contributed by atoms with Crippen LogP contribution in [0.15, 0.2) is 6.07 Å². The maximum absolute atomic E-state index is 12.8. The van der Waals surface area contributed by atoms with Gasteiger partial charge in [-0.15, -0.1) is 0 Å². The summed E-state index contributed by atoms with van der Waals surface area (Å²) in [5.74, 6) is 0.226. The molecule has 0 unspecified atom stereocenters. The minimum Gasteiger partial charge on any atom is -0.336 e. The van der Waals surface area contributed by atoms with E-state index in [0.717, 1.165) is 63.1 Å². The third kappa shape index (κ3) is 3.79. The fourth-order valence-corrected chi connectivity index (χ4v) is 3.87. The number of hydrogen-bond acceptors (Lipinski definition) is 3. The van der Waals surface area contributed by atoms with Crippen molar-refractivity contribution in [2.45, 2.75) is 65.0 Å². The van der Waals surface area contributed by atoms with Crippen LogP contribution in [0.1, 0.15) is 49.9 Å². The molecular weight excluding hydrogens is 304 g/mol. The lowest BCUT2D eigenvalue weighted by molar-refractivity contribution is -0.140. The summed E-state index contributed by atoms with van der Waals surface area (Å²) in [5.41, 5.74) is 2.15. The van der Waals surface area contributed by atoms with Gasteiger partial charge in [0, 0.05) is 25.2 Å². The summed E-state index contributed by atoms with van der Waals surface area (Å²) in [4.78, 5) is 28.6. The van der Waals surface area contributed by atoms with E-state index < -0.39 is 0 Å². The molecule has 3 heterocycles. The molecule has 0 spiro atoms. The zero-order valence-corrected chi connectivity index (χ0v) is 14.8. The highest BCUT2D eigenvalue weighted by Gasteiger charge is 2.31. The molecule has 0 radical (unpaired) electrons. The van der Waals surface area contributed by atoms with Crippen molar-refractivity contribution in [2.75, 3.05) is 19.6 Å². The summed E-state index contributed by atoms with van der Waals surface area (Å²) in [5, 5.41) is 4.52. The van der Waals surface area contributed by atoms with Crippen LogP contribution >= 0.6 is 0 Å². The molecule has 0 aliphatic carbocycles. The fourth-order valence-electron chi connectivity index (χ4n) is 3.87. The van der Waals surface area contributed by atoms with E-state index >= 15 is 0 Å². The third-order valence-corrected chi connectivity index (χ3v) is 5.18. The van der Waals surface area contributed by atoms with Crippen LogP contribution in [-0.4, -0.2) is 57.1 Å². The molecule has 2 aliphatic heterocycles. The van der Waals surface area contributed by atoms with Gasteiger partial charge in [0.15, 0.2) is 0 Å². The Morgan fingerprint density at radius 2 is 2.04 bits per heavy atom. The molecule has 24 heavy (non-hydrogen) atoms. The number of nitrogens with zero attached hydrogens (tertiary/aromatic N) is 4. The van der Waals surface area contributed by atoms with Crippen molar-refractivity contribution in [1.82, 2.24) is 19.6 Å². The normalized spacial score (nSPS) is 22.1. The standard InChI is InChI=1S/C18H28N4O2/c1-14-11-15(2)22(19-14)12-16-7-6-10-21(16)18(24)13-20-9-5-3-4-8-17(20)23/h11,16H,3-10,12-13H2,1-2H3/t16-/m0/s1. The number of aryl methyl sites for hydroxylation is 2. The molecule has 0 bridgehead atoms. The van der Waals surface area contributed by atoms with E-state index in [4.69, 9.17) is 0 Å². The predicted octanol–water partition coefficient (Wildman–Crippen LogP) is 1.89. The van der Waals surface area contributed by atoms with Gasteiger partial charge in [-0.2, -0.15) is 5.10 Å². The SMILES string of the molecule is Cc1cc(C)n(C[C@@H]2CCCN2C(=O)CN2CCCCCC2=O)n1. The summed E-state index contributed by atoms with van der Waals surface area (Å²) >= 11 is 0. The molecule has 1 atom stereocenters. The van der Waals surface area contributed by atoms with Gasteiger partial charge in [0.1, 0.15) is 0 Å². The molecule has 2 aliphatic rings. The van der Waals surface area contributed by atoms with Crippen molar-refractivity contribution in [3.05, 3.63) is 17.5 Å². The Kier molecular flexibility index (Phi) is 5.21. The van der Waals surface area contributed by atoms with E-state index in [1.807, 2.05) is 16.5 Å². The minimum atomic E-state index is 0.0919. The summed E-state index contributed by atoms with van der Waals surface area (Å²) in [6.45, 7) is 6.56. The van der Waals surface area contributed by atoms with Crippen molar-refractivity contribution in [3.8, 4) is 0 Å². The lowest BCUT2D eigenvalue weighted by atomic mass is 10.2. The van der Waals surface area contributed by atoms with Crippen LogP contribution in [0.25, 0.3) is 0 Å². The topological polar surface area (TPSA) is 58.4 Å². The molecule has 3 rings (SSSR count). The Morgan fingerprint density at radius 3 is 2.79 bits per heavy atom. The summed E-state index contributed by atoms with van der Waals surface area (Å²) in [7, 11) is 0. The number of rotatable bonds is 4. The van der Waals surface area contributed by atoms with Crippen LogP contribution in [0.2, 0.25) is 0 Å². The van der Waals surface area contributed by atoms with E-state index in [1.54, 1.807) is 4.90 Å². The molecule has 2 amide bonds. The van der Waals surface area contributed by atoms with Crippen LogP contribution in [0.4, 0.5) is 0 Å². The summed E-state index contributed by atoms with van der Waals surface area (Å²) < 4.78 is 2.00. The quantitative estimate of drug-likeness (QED) is 0.846. The predicted molar refractivity (Wildman–Crippen MR) is 91.5 cm³/mol. The van der Waals surface area contributed by atoms with Gasteiger partial charge in [0.05, 0.1) is 24.8 Å². The maximum atomic E-state index is 12.8. The molecule has 6 heteroatoms. The van der Waals surface area contributed by atoms with E-state index in [-0.39, 0.29) is 24.4 Å². The van der Waals surface area contributed by atoms with Gasteiger partial charge < -0.3 is 9.80 Å². The van der Waals surface area contributed by atoms with Crippen LogP contribution in [0, 0.1) is 13.8 Å². The van der Waals surface area contributed by atoms with Crippen LogP contribution < -0.4 is 0 Å². The van der Waals surface area contributed by atoms with Crippen molar-refractivity contribution >= 4 is 11.8 Å². The number of amides is 2. The molecule has 2 saturated heterocycles. The van der Waals surface area contributed by atoms with Gasteiger partial charge in [-0.3, -0.25) is 14.3 Å². The van der Waals surface area contributed by atoms with E-state index in [1.165, 1.54) is 0 Å². The van der Waals surface area contributed by atoms with Crippen molar-refractivity contribution in [2.24, 2.45) is 0 Å². The molecule has 2 fully saturated rings. The zero-order chi connectivity index (χ0) is 17.1. The van der Waals surface area contributed by atoms with E-state index in [9.17, 15) is 9.59 Å². The lowest BCUT2D eigenvalue weighted by Gasteiger charge is -2.28. The van der Waals surface area contributed by atoms with Gasteiger partial charge in [0.2, 0.25) is 11.8 Å². The third-order valence-electron chi connectivity index (χ3n) is 5.18. The number of carbonyl (C=O) groups is 2. The van der Waals surface area contributed by atoms with Gasteiger partial charge in [-0.05, 0) is 45.6 Å². The zero-order valence-electron chi connectivity index (χ0n) is 14.8. The Morgan fingerprint density at radius 1 is 1.21 bits per heavy atom. The van der Waals surface area contributed by atoms with Crippen molar-refractivity contribution < 1.29 is 9.59 Å². The molecular formula is C18H28N4O2. The molecule has 0 aromatic carbocycles. The van der Waals surface area contributed by atoms with Gasteiger partial charge in [-0.25, -0.2) is 0 Å². The molecule has 0 saturated carbocycles. The Labute approximate surface area is 143 Å². The average molecular weight is 332 g/mol. The second-order valence-electron chi connectivity index (χ2n) is 7.12. The smallest absolute Gasteiger partial charge is 0.242 e. The first kappa shape index (κ1) is 17.0. The molecule has 6 nitrogen and oxygen atoms in total. The highest BCUT2D eigenvalue weighted by Crippen LogP contribution is 2.21. The monoisotopic (exact) mass is 332 g/mol. The molecule has 1 aromatic heterocycles. The maximum Gasteiger partial charge on any atom is 0.242 e. The average Bonchev–Trinajstić information content (AvgIpc) is 3.06. The van der Waals surface area contributed by atoms with Crippen molar-refractivity contribution in [1.29, 1.82) is 0 Å². The highest BCUT2D eigenvalue weighted by atomic mass is 16.2. The highest BCUT2D eigenvalue weighted by molar-refractivity contribution is 5.85. The fraction of sp³-hybridized carbons (Fsp3) is 0.722. The first-order valence-corrected chi connectivity index (χ1v) is 9.13. The van der Waals surface area contributed by atoms with Gasteiger partial charge in [-0.1, -0.05) is 6.42 Å². The summed E-state index contributed by atoms with van der Waals surface area (Å²) in [6, 6.07) is 2.26. The van der Waals surface area contributed by atoms with E-state index in [0.29, 0.717) is 6.42 Å². The first-order valence-electron chi connectivity index (χ1n) is 9.13. The minimum absolute atomic E-state index is 0.0919. The van der Waals surface area contributed by atoms with Crippen LogP contribution in [0.5, 0.6) is 0 Å². The number of carbonyl (C=O) groups excluding carboxylic acids is 2. The Balaban J connectivity index is 1.62. The summed E-state index contributed by atoms with van der Waals surface area (Å²) in [6.07, 6.45) is 5.67. The largest absolute Gasteiger partial charge is 0.336 e. The second-order valence-corrected chi connectivity index (χ2v) is 7.12. The second kappa shape index (κ2) is 7.36. The van der Waals surface area contributed by atoms with Gasteiger partial charge in [0.25, 0.3) is 0 Å². The van der Waals surface area contributed by atoms with Crippen molar-refractivity contribution in [3.63, 3.8) is 0 Å². The number of hydrogen-bond donors (Lipinski definition) is 0. The van der Waals surface area contributed by atoms with Gasteiger partial charge >= 0.3 is 0 Å². The number of likely N-dealkylation sites (tertiary alicyclic amines) is 2. The van der Waals surface area contributed by atoms with Crippen LogP contribution in [-0.2, 0) is 16.1 Å². The Hall–Kier alpha value is -1.85. The Bertz CT molecular complexity index is 610. The molecule has 132 valence electrons. The number of aromatic nitrogens is 2. The first-order chi connectivity index (χ1) is 11.5.